The molecule has 0 aromatic carbocycles. The second kappa shape index (κ2) is 28.4. The molecule has 0 saturated heterocycles. The highest BCUT2D eigenvalue weighted by molar-refractivity contribution is 5.78. The molecule has 0 spiro atoms. The zero-order valence-corrected chi connectivity index (χ0v) is 18.7. The summed E-state index contributed by atoms with van der Waals surface area (Å²) in [6.45, 7) is 6.31. The number of unbranched alkanes of at least 4 members (excludes halogenated alkanes) is 14. The van der Waals surface area contributed by atoms with Crippen LogP contribution in [0, 0.1) is 0 Å². The average Bonchev–Trinajstić information content (AvgIpc) is 2.64. The minimum atomic E-state index is -0.981. The summed E-state index contributed by atoms with van der Waals surface area (Å²) in [7, 11) is 0. The quantitative estimate of drug-likeness (QED) is 0.180. The fraction of sp³-hybridized carbons (Fsp3) is 0.783. The summed E-state index contributed by atoms with van der Waals surface area (Å²) in [4.78, 5) is 28.6. The molecular weight excluding hydrogens is 372 g/mol. The summed E-state index contributed by atoms with van der Waals surface area (Å²) in [6.07, 6.45) is 21.0. The SMILES string of the molecule is C=CC(=O)O.CC(=O)O.CCCCCCCCCCCCCCCCCC(=O)O. The molecule has 0 rings (SSSR count). The van der Waals surface area contributed by atoms with Crippen molar-refractivity contribution in [3.63, 3.8) is 0 Å². The molecule has 0 fully saturated rings. The number of carboxylic acid groups (broad SMARTS) is 3. The van der Waals surface area contributed by atoms with E-state index < -0.39 is 17.9 Å². The molecule has 0 radical (unpaired) electrons. The molecule has 172 valence electrons. The highest BCUT2D eigenvalue weighted by Gasteiger charge is 1.97. The highest BCUT2D eigenvalue weighted by atomic mass is 16.4. The first-order chi connectivity index (χ1) is 13.8. The molecule has 0 saturated carbocycles. The predicted molar refractivity (Wildman–Crippen MR) is 118 cm³/mol. The molecule has 0 aromatic heterocycles. The van der Waals surface area contributed by atoms with E-state index in [4.69, 9.17) is 20.1 Å². The van der Waals surface area contributed by atoms with Crippen LogP contribution in [0.25, 0.3) is 0 Å². The number of hydrogen-bond donors (Lipinski definition) is 3. The average molecular weight is 417 g/mol. The maximum atomic E-state index is 10.3. The molecule has 0 aliphatic rings. The molecule has 0 aliphatic heterocycles. The second-order valence-electron chi connectivity index (χ2n) is 7.15. The summed E-state index contributed by atoms with van der Waals surface area (Å²) in [5.41, 5.74) is 0. The van der Waals surface area contributed by atoms with Crippen LogP contribution in [0.1, 0.15) is 117 Å². The van der Waals surface area contributed by atoms with Gasteiger partial charge in [0.1, 0.15) is 0 Å². The van der Waals surface area contributed by atoms with Gasteiger partial charge in [0, 0.05) is 19.4 Å². The van der Waals surface area contributed by atoms with E-state index in [-0.39, 0.29) is 0 Å². The number of aliphatic carboxylic acids is 3. The topological polar surface area (TPSA) is 112 Å². The van der Waals surface area contributed by atoms with Crippen LogP contribution in [0.5, 0.6) is 0 Å². The Balaban J connectivity index is -0.000000623. The summed E-state index contributed by atoms with van der Waals surface area (Å²) in [5, 5.41) is 23.5. The van der Waals surface area contributed by atoms with E-state index in [2.05, 4.69) is 13.5 Å². The Labute approximate surface area is 177 Å². The minimum Gasteiger partial charge on any atom is -0.481 e. The lowest BCUT2D eigenvalue weighted by molar-refractivity contribution is -0.137. The molecule has 0 aromatic rings. The Bertz CT molecular complexity index is 389. The van der Waals surface area contributed by atoms with Gasteiger partial charge >= 0.3 is 11.9 Å². The Morgan fingerprint density at radius 3 is 1.10 bits per heavy atom. The Kier molecular flexibility index (Phi) is 31.1. The summed E-state index contributed by atoms with van der Waals surface area (Å²) in [6, 6.07) is 0. The predicted octanol–water partition coefficient (Wildman–Crippen LogP) is 6.68. The number of hydrogen-bond acceptors (Lipinski definition) is 3. The third-order valence-electron chi connectivity index (χ3n) is 4.17. The van der Waals surface area contributed by atoms with Crippen LogP contribution in [-0.2, 0) is 14.4 Å². The van der Waals surface area contributed by atoms with Crippen LogP contribution in [0.3, 0.4) is 0 Å². The Morgan fingerprint density at radius 1 is 0.655 bits per heavy atom. The summed E-state index contributed by atoms with van der Waals surface area (Å²) >= 11 is 0. The van der Waals surface area contributed by atoms with E-state index in [1.165, 1.54) is 83.5 Å². The second-order valence-corrected chi connectivity index (χ2v) is 7.15. The number of carboxylic acids is 3. The lowest BCUT2D eigenvalue weighted by atomic mass is 10.0. The molecule has 0 amide bonds. The van der Waals surface area contributed by atoms with Gasteiger partial charge in [0.15, 0.2) is 0 Å². The molecule has 0 atom stereocenters. The van der Waals surface area contributed by atoms with Crippen molar-refractivity contribution in [2.24, 2.45) is 0 Å². The van der Waals surface area contributed by atoms with E-state index in [1.54, 1.807) is 0 Å². The molecule has 0 bridgehead atoms. The van der Waals surface area contributed by atoms with Gasteiger partial charge in [-0.25, -0.2) is 4.79 Å². The van der Waals surface area contributed by atoms with E-state index in [1.807, 2.05) is 0 Å². The molecule has 3 N–H and O–H groups in total. The van der Waals surface area contributed by atoms with Crippen LogP contribution >= 0.6 is 0 Å². The van der Waals surface area contributed by atoms with Gasteiger partial charge in [0.2, 0.25) is 0 Å². The van der Waals surface area contributed by atoms with E-state index in [0.29, 0.717) is 6.42 Å². The van der Waals surface area contributed by atoms with Gasteiger partial charge in [-0.1, -0.05) is 103 Å². The molecule has 6 heteroatoms. The molecule has 29 heavy (non-hydrogen) atoms. The van der Waals surface area contributed by atoms with Crippen LogP contribution in [-0.4, -0.2) is 33.2 Å². The zero-order chi connectivity index (χ0) is 22.8. The van der Waals surface area contributed by atoms with Crippen LogP contribution in [0.4, 0.5) is 0 Å². The Hall–Kier alpha value is -1.85. The van der Waals surface area contributed by atoms with Crippen molar-refractivity contribution in [3.8, 4) is 0 Å². The summed E-state index contributed by atoms with van der Waals surface area (Å²) < 4.78 is 0. The fourth-order valence-corrected chi connectivity index (χ4v) is 2.65. The maximum absolute atomic E-state index is 10.3. The third kappa shape index (κ3) is 51.9. The highest BCUT2D eigenvalue weighted by Crippen LogP contribution is 2.13. The zero-order valence-electron chi connectivity index (χ0n) is 18.7. The fourth-order valence-electron chi connectivity index (χ4n) is 2.65. The molecule has 0 heterocycles. The van der Waals surface area contributed by atoms with Crippen molar-refractivity contribution >= 4 is 17.9 Å². The molecule has 6 nitrogen and oxygen atoms in total. The van der Waals surface area contributed by atoms with Crippen molar-refractivity contribution < 1.29 is 29.7 Å². The van der Waals surface area contributed by atoms with E-state index in [0.717, 1.165) is 25.8 Å². The first-order valence-corrected chi connectivity index (χ1v) is 11.0. The first kappa shape index (κ1) is 31.8. The van der Waals surface area contributed by atoms with Crippen molar-refractivity contribution in [1.82, 2.24) is 0 Å². The van der Waals surface area contributed by atoms with E-state index in [9.17, 15) is 9.59 Å². The van der Waals surface area contributed by atoms with Gasteiger partial charge in [-0.15, -0.1) is 0 Å². The lowest BCUT2D eigenvalue weighted by Crippen LogP contribution is -1.93. The largest absolute Gasteiger partial charge is 0.481 e. The van der Waals surface area contributed by atoms with Gasteiger partial charge in [-0.2, -0.15) is 0 Å². The van der Waals surface area contributed by atoms with Crippen molar-refractivity contribution in [1.29, 1.82) is 0 Å². The lowest BCUT2D eigenvalue weighted by Gasteiger charge is -2.03. The van der Waals surface area contributed by atoms with Crippen LogP contribution in [0.2, 0.25) is 0 Å². The van der Waals surface area contributed by atoms with E-state index >= 15 is 0 Å². The van der Waals surface area contributed by atoms with Gasteiger partial charge in [-0.05, 0) is 6.42 Å². The van der Waals surface area contributed by atoms with Gasteiger partial charge in [0.25, 0.3) is 5.97 Å². The van der Waals surface area contributed by atoms with Crippen LogP contribution in [0.15, 0.2) is 12.7 Å². The van der Waals surface area contributed by atoms with Crippen molar-refractivity contribution in [3.05, 3.63) is 12.7 Å². The summed E-state index contributed by atoms with van der Waals surface area (Å²) in [5.74, 6) is -2.47. The normalized spacial score (nSPS) is 9.45. The van der Waals surface area contributed by atoms with Crippen molar-refractivity contribution in [2.45, 2.75) is 117 Å². The van der Waals surface area contributed by atoms with Gasteiger partial charge < -0.3 is 15.3 Å². The minimum absolute atomic E-state index is 0.345. The smallest absolute Gasteiger partial charge is 0.327 e. The van der Waals surface area contributed by atoms with Crippen molar-refractivity contribution in [2.75, 3.05) is 0 Å². The molecule has 0 aliphatic carbocycles. The molecule has 0 unspecified atom stereocenters. The first-order valence-electron chi connectivity index (χ1n) is 11.0. The Morgan fingerprint density at radius 2 is 0.897 bits per heavy atom. The third-order valence-corrected chi connectivity index (χ3v) is 4.17. The number of rotatable bonds is 17. The van der Waals surface area contributed by atoms with Crippen LogP contribution < -0.4 is 0 Å². The monoisotopic (exact) mass is 416 g/mol. The van der Waals surface area contributed by atoms with Gasteiger partial charge in [-0.3, -0.25) is 9.59 Å². The number of carbonyl (C=O) groups is 3. The van der Waals surface area contributed by atoms with Gasteiger partial charge in [0.05, 0.1) is 0 Å². The molecular formula is C23H44O6. The maximum Gasteiger partial charge on any atom is 0.327 e. The standard InChI is InChI=1S/C18H36O2.C3H4O2.C2H4O2/c1-2-3-4-5-6-7-8-9-10-11-12-13-14-15-16-17-18(19)20;1-2-3(4)5;1-2(3)4/h2-17H2,1H3,(H,19,20);2H,1H2,(H,4,5);1H3,(H,3,4).